The molecule has 0 radical (unpaired) electrons. The van der Waals surface area contributed by atoms with Gasteiger partial charge in [-0.25, -0.2) is 0 Å². The van der Waals surface area contributed by atoms with Gasteiger partial charge in [0.05, 0.1) is 10.3 Å². The fraction of sp³-hybridized carbons (Fsp3) is 0.143. The maximum atomic E-state index is 10.6. The van der Waals surface area contributed by atoms with Crippen molar-refractivity contribution in [2.24, 2.45) is 0 Å². The van der Waals surface area contributed by atoms with Crippen LogP contribution in [0.25, 0.3) is 0 Å². The quantitative estimate of drug-likeness (QED) is 0.426. The molecule has 104 valence electrons. The van der Waals surface area contributed by atoms with Crippen molar-refractivity contribution < 1.29 is 4.92 Å². The summed E-state index contributed by atoms with van der Waals surface area (Å²) < 4.78 is 0. The van der Waals surface area contributed by atoms with Crippen LogP contribution in [0.4, 0.5) is 5.69 Å². The number of halogens is 3. The molecule has 0 fully saturated rings. The molecule has 6 heteroatoms. The molecule has 2 aromatic carbocycles. The topological polar surface area (TPSA) is 43.1 Å². The lowest BCUT2D eigenvalue weighted by atomic mass is 10.0. The summed E-state index contributed by atoms with van der Waals surface area (Å²) in [6, 6.07) is 11.5. The zero-order valence-electron chi connectivity index (χ0n) is 10.2. The van der Waals surface area contributed by atoms with Crippen LogP contribution in [0.1, 0.15) is 16.5 Å². The van der Waals surface area contributed by atoms with E-state index in [9.17, 15) is 10.1 Å². The SMILES string of the molecule is O=[N+]([O-])c1ccc(CC(Cl)c2ccc(Cl)cc2Cl)cc1. The second kappa shape index (κ2) is 6.44. The van der Waals surface area contributed by atoms with Crippen molar-refractivity contribution in [1.82, 2.24) is 0 Å². The number of rotatable bonds is 4. The van der Waals surface area contributed by atoms with Crippen molar-refractivity contribution >= 4 is 40.5 Å². The zero-order valence-corrected chi connectivity index (χ0v) is 12.5. The molecule has 2 aromatic rings. The van der Waals surface area contributed by atoms with Gasteiger partial charge < -0.3 is 0 Å². The van der Waals surface area contributed by atoms with Crippen LogP contribution in [0, 0.1) is 10.1 Å². The second-order valence-electron chi connectivity index (χ2n) is 4.26. The van der Waals surface area contributed by atoms with E-state index in [1.54, 1.807) is 30.3 Å². The van der Waals surface area contributed by atoms with Gasteiger partial charge in [0.15, 0.2) is 0 Å². The lowest BCUT2D eigenvalue weighted by Crippen LogP contribution is -1.97. The molecule has 0 N–H and O–H groups in total. The van der Waals surface area contributed by atoms with Gasteiger partial charge in [0, 0.05) is 22.2 Å². The summed E-state index contributed by atoms with van der Waals surface area (Å²) in [4.78, 5) is 10.1. The summed E-state index contributed by atoms with van der Waals surface area (Å²) in [5.74, 6) is 0. The molecule has 0 spiro atoms. The van der Waals surface area contributed by atoms with Crippen LogP contribution in [0.15, 0.2) is 42.5 Å². The third-order valence-corrected chi connectivity index (χ3v) is 3.81. The summed E-state index contributed by atoms with van der Waals surface area (Å²) in [5.41, 5.74) is 1.75. The Morgan fingerprint density at radius 3 is 2.30 bits per heavy atom. The minimum atomic E-state index is -0.433. The number of hydrogen-bond donors (Lipinski definition) is 0. The number of hydrogen-bond acceptors (Lipinski definition) is 2. The highest BCUT2D eigenvalue weighted by Crippen LogP contribution is 2.32. The standard InChI is InChI=1S/C14H10Cl3NO2/c15-10-3-6-12(14(17)8-10)13(16)7-9-1-4-11(5-2-9)18(19)20/h1-6,8,13H,7H2. The Kier molecular flexibility index (Phi) is 4.86. The largest absolute Gasteiger partial charge is 0.269 e. The Bertz CT molecular complexity index is 629. The molecule has 0 bridgehead atoms. The third-order valence-electron chi connectivity index (χ3n) is 2.86. The van der Waals surface area contributed by atoms with Crippen molar-refractivity contribution in [1.29, 1.82) is 0 Å². The van der Waals surface area contributed by atoms with E-state index >= 15 is 0 Å². The van der Waals surface area contributed by atoms with E-state index in [4.69, 9.17) is 34.8 Å². The van der Waals surface area contributed by atoms with E-state index in [1.165, 1.54) is 12.1 Å². The van der Waals surface area contributed by atoms with E-state index in [1.807, 2.05) is 0 Å². The molecule has 0 heterocycles. The molecule has 0 saturated heterocycles. The summed E-state index contributed by atoms with van der Waals surface area (Å²) in [6.07, 6.45) is 0.529. The normalized spacial score (nSPS) is 12.2. The molecule has 0 aromatic heterocycles. The van der Waals surface area contributed by atoms with Crippen molar-refractivity contribution in [3.63, 3.8) is 0 Å². The first-order valence-electron chi connectivity index (χ1n) is 5.79. The van der Waals surface area contributed by atoms with Gasteiger partial charge in [-0.3, -0.25) is 10.1 Å². The summed E-state index contributed by atoms with van der Waals surface area (Å²) >= 11 is 18.3. The minimum Gasteiger partial charge on any atom is -0.258 e. The van der Waals surface area contributed by atoms with E-state index in [2.05, 4.69) is 0 Å². The molecule has 0 saturated carbocycles. The summed E-state index contributed by atoms with van der Waals surface area (Å²) in [7, 11) is 0. The minimum absolute atomic E-state index is 0.0596. The summed E-state index contributed by atoms with van der Waals surface area (Å²) in [6.45, 7) is 0. The Balaban J connectivity index is 2.14. The Hall–Kier alpha value is -1.29. The molecule has 0 aliphatic rings. The smallest absolute Gasteiger partial charge is 0.258 e. The van der Waals surface area contributed by atoms with E-state index in [-0.39, 0.29) is 11.1 Å². The van der Waals surface area contributed by atoms with Crippen LogP contribution >= 0.6 is 34.8 Å². The first-order valence-corrected chi connectivity index (χ1v) is 6.99. The zero-order chi connectivity index (χ0) is 14.7. The van der Waals surface area contributed by atoms with Gasteiger partial charge in [0.25, 0.3) is 5.69 Å². The van der Waals surface area contributed by atoms with E-state index in [0.29, 0.717) is 16.5 Å². The van der Waals surface area contributed by atoms with Crippen LogP contribution in [0.3, 0.4) is 0 Å². The van der Waals surface area contributed by atoms with Crippen LogP contribution < -0.4 is 0 Å². The van der Waals surface area contributed by atoms with E-state index < -0.39 is 4.92 Å². The van der Waals surface area contributed by atoms with Gasteiger partial charge in [-0.05, 0) is 29.7 Å². The molecule has 3 nitrogen and oxygen atoms in total. The predicted octanol–water partition coefficient (Wildman–Crippen LogP) is 5.42. The second-order valence-corrected chi connectivity index (χ2v) is 5.63. The van der Waals surface area contributed by atoms with Gasteiger partial charge in [-0.2, -0.15) is 0 Å². The first-order chi connectivity index (χ1) is 9.47. The van der Waals surface area contributed by atoms with Crippen molar-refractivity contribution in [2.75, 3.05) is 0 Å². The average Bonchev–Trinajstić information content (AvgIpc) is 2.39. The molecule has 20 heavy (non-hydrogen) atoms. The Morgan fingerprint density at radius 2 is 1.75 bits per heavy atom. The predicted molar refractivity (Wildman–Crippen MR) is 81.9 cm³/mol. The third kappa shape index (κ3) is 3.63. The van der Waals surface area contributed by atoms with Crippen LogP contribution in [-0.4, -0.2) is 4.92 Å². The van der Waals surface area contributed by atoms with Gasteiger partial charge in [-0.1, -0.05) is 41.4 Å². The Labute approximate surface area is 131 Å². The lowest BCUT2D eigenvalue weighted by Gasteiger charge is -2.12. The highest BCUT2D eigenvalue weighted by molar-refractivity contribution is 6.35. The number of alkyl halides is 1. The number of nitro benzene ring substituents is 1. The van der Waals surface area contributed by atoms with Gasteiger partial charge in [0.1, 0.15) is 0 Å². The number of non-ortho nitro benzene ring substituents is 1. The molecule has 1 unspecified atom stereocenters. The van der Waals surface area contributed by atoms with Crippen molar-refractivity contribution in [3.05, 3.63) is 73.8 Å². The molecular formula is C14H10Cl3NO2. The average molecular weight is 331 g/mol. The maximum Gasteiger partial charge on any atom is 0.269 e. The van der Waals surface area contributed by atoms with Gasteiger partial charge >= 0.3 is 0 Å². The molecule has 0 aliphatic carbocycles. The van der Waals surface area contributed by atoms with Crippen molar-refractivity contribution in [2.45, 2.75) is 11.8 Å². The Morgan fingerprint density at radius 1 is 1.10 bits per heavy atom. The number of nitro groups is 1. The van der Waals surface area contributed by atoms with Crippen LogP contribution in [0.2, 0.25) is 10.0 Å². The molecule has 1 atom stereocenters. The molecule has 2 rings (SSSR count). The fourth-order valence-corrected chi connectivity index (χ4v) is 2.79. The maximum absolute atomic E-state index is 10.6. The highest BCUT2D eigenvalue weighted by Gasteiger charge is 2.14. The van der Waals surface area contributed by atoms with Gasteiger partial charge in [-0.15, -0.1) is 11.6 Å². The fourth-order valence-electron chi connectivity index (χ4n) is 1.83. The number of nitrogens with zero attached hydrogens (tertiary/aromatic N) is 1. The molecular weight excluding hydrogens is 321 g/mol. The summed E-state index contributed by atoms with van der Waals surface area (Å²) in [5, 5.41) is 11.3. The first kappa shape index (κ1) is 15.1. The monoisotopic (exact) mass is 329 g/mol. The molecule has 0 aliphatic heterocycles. The highest BCUT2D eigenvalue weighted by atomic mass is 35.5. The van der Waals surface area contributed by atoms with Crippen LogP contribution in [-0.2, 0) is 6.42 Å². The molecule has 0 amide bonds. The van der Waals surface area contributed by atoms with Gasteiger partial charge in [0.2, 0.25) is 0 Å². The number of benzene rings is 2. The van der Waals surface area contributed by atoms with Crippen LogP contribution in [0.5, 0.6) is 0 Å². The lowest BCUT2D eigenvalue weighted by molar-refractivity contribution is -0.384. The van der Waals surface area contributed by atoms with Crippen molar-refractivity contribution in [3.8, 4) is 0 Å². The van der Waals surface area contributed by atoms with E-state index in [0.717, 1.165) is 11.1 Å².